The van der Waals surface area contributed by atoms with Crippen LogP contribution in [0.5, 0.6) is 0 Å². The van der Waals surface area contributed by atoms with Crippen molar-refractivity contribution < 1.29 is 80.2 Å². The zero-order valence-corrected chi connectivity index (χ0v) is 57.9. The van der Waals surface area contributed by atoms with E-state index in [2.05, 4.69) is 34.6 Å². The Labute approximate surface area is 530 Å². The lowest BCUT2D eigenvalue weighted by molar-refractivity contribution is -0.161. The summed E-state index contributed by atoms with van der Waals surface area (Å²) in [6.07, 6.45) is 47.2. The average Bonchev–Trinajstić information content (AvgIpc) is 3.71. The zero-order valence-electron chi connectivity index (χ0n) is 56.2. The van der Waals surface area contributed by atoms with E-state index < -0.39 is 97.5 Å². The molecule has 87 heavy (non-hydrogen) atoms. The number of carbonyl (C=O) groups excluding carboxylic acids is 4. The maximum absolute atomic E-state index is 13.0. The first kappa shape index (κ1) is 85.1. The molecule has 17 nitrogen and oxygen atoms in total. The molecular formula is C68H132O17P2. The van der Waals surface area contributed by atoms with Gasteiger partial charge in [0, 0.05) is 25.7 Å². The monoisotopic (exact) mass is 1280 g/mol. The Bertz CT molecular complexity index is 1690. The number of aliphatic hydroxyl groups is 1. The van der Waals surface area contributed by atoms with Gasteiger partial charge >= 0.3 is 39.5 Å². The van der Waals surface area contributed by atoms with Crippen LogP contribution in [0.3, 0.4) is 0 Å². The summed E-state index contributed by atoms with van der Waals surface area (Å²) in [7, 11) is -9.89. The van der Waals surface area contributed by atoms with Gasteiger partial charge in [0.05, 0.1) is 26.4 Å². The molecule has 0 rings (SSSR count). The fourth-order valence-corrected chi connectivity index (χ4v) is 11.9. The van der Waals surface area contributed by atoms with Gasteiger partial charge in [-0.3, -0.25) is 37.3 Å². The molecular weight excluding hydrogens is 1150 g/mol. The van der Waals surface area contributed by atoms with Gasteiger partial charge in [0.15, 0.2) is 12.2 Å². The third-order valence-corrected chi connectivity index (χ3v) is 17.7. The molecule has 2 unspecified atom stereocenters. The molecule has 0 aromatic rings. The van der Waals surface area contributed by atoms with E-state index in [0.29, 0.717) is 25.7 Å². The van der Waals surface area contributed by atoms with Gasteiger partial charge < -0.3 is 33.8 Å². The minimum absolute atomic E-state index is 0.107. The number of carbonyl (C=O) groups is 4. The minimum atomic E-state index is -4.95. The largest absolute Gasteiger partial charge is 0.472 e. The predicted molar refractivity (Wildman–Crippen MR) is 349 cm³/mol. The quantitative estimate of drug-likeness (QED) is 0.0222. The Morgan fingerprint density at radius 2 is 0.529 bits per heavy atom. The minimum Gasteiger partial charge on any atom is -0.462 e. The second kappa shape index (κ2) is 61.6. The molecule has 0 saturated carbocycles. The number of aliphatic hydroxyl groups excluding tert-OH is 1. The summed E-state index contributed by atoms with van der Waals surface area (Å²) >= 11 is 0. The van der Waals surface area contributed by atoms with Crippen LogP contribution in [0.15, 0.2) is 0 Å². The first-order valence-electron chi connectivity index (χ1n) is 35.6. The molecule has 0 aromatic heterocycles. The maximum atomic E-state index is 13.0. The third kappa shape index (κ3) is 62.6. The van der Waals surface area contributed by atoms with Crippen molar-refractivity contribution in [2.75, 3.05) is 39.6 Å². The Hall–Kier alpha value is -1.94. The van der Waals surface area contributed by atoms with Crippen LogP contribution in [-0.4, -0.2) is 96.7 Å². The van der Waals surface area contributed by atoms with Crippen LogP contribution in [0.25, 0.3) is 0 Å². The zero-order chi connectivity index (χ0) is 64.2. The van der Waals surface area contributed by atoms with Gasteiger partial charge in [-0.25, -0.2) is 9.13 Å². The number of phosphoric ester groups is 2. The van der Waals surface area contributed by atoms with Crippen LogP contribution < -0.4 is 0 Å². The molecule has 0 aliphatic rings. The highest BCUT2D eigenvalue weighted by atomic mass is 31.2. The molecule has 0 fully saturated rings. The molecule has 0 amide bonds. The molecule has 0 spiro atoms. The Balaban J connectivity index is 5.20. The van der Waals surface area contributed by atoms with E-state index in [4.69, 9.17) is 37.0 Å². The van der Waals surface area contributed by atoms with Crippen LogP contribution in [0.4, 0.5) is 0 Å². The van der Waals surface area contributed by atoms with Gasteiger partial charge in [-0.05, 0) is 31.6 Å². The molecule has 5 atom stereocenters. The van der Waals surface area contributed by atoms with E-state index in [1.807, 2.05) is 0 Å². The molecule has 0 saturated heterocycles. The van der Waals surface area contributed by atoms with E-state index in [0.717, 1.165) is 109 Å². The number of phosphoric acid groups is 2. The molecule has 3 N–H and O–H groups in total. The van der Waals surface area contributed by atoms with Crippen molar-refractivity contribution in [2.24, 2.45) is 5.92 Å². The number of hydrogen-bond donors (Lipinski definition) is 3. The summed E-state index contributed by atoms with van der Waals surface area (Å²) < 4.78 is 68.1. The SMILES string of the molecule is CCCCCCCCCCCCCCCCCCC(=O)O[C@H](COC(=O)CCCCCCCCCCCCC(C)C)COP(=O)(O)OC[C@@H](O)COP(=O)(O)OC[C@@H](COC(=O)CCCCCCCCC)OC(=O)CCCCCCCCCCCCC. The van der Waals surface area contributed by atoms with E-state index in [1.54, 1.807) is 0 Å². The van der Waals surface area contributed by atoms with Crippen molar-refractivity contribution in [1.29, 1.82) is 0 Å². The van der Waals surface area contributed by atoms with Gasteiger partial charge in [0.25, 0.3) is 0 Å². The van der Waals surface area contributed by atoms with Crippen molar-refractivity contribution >= 4 is 39.5 Å². The fraction of sp³-hybridized carbons (Fsp3) is 0.941. The molecule has 0 aliphatic carbocycles. The van der Waals surface area contributed by atoms with Crippen LogP contribution >= 0.6 is 15.6 Å². The number of hydrogen-bond acceptors (Lipinski definition) is 15. The van der Waals surface area contributed by atoms with Crippen LogP contribution in [-0.2, 0) is 65.4 Å². The standard InChI is InChI=1S/C68H132O17P2/c1-6-9-12-15-18-20-22-23-24-25-26-28-34-39-44-49-54-68(73)85-64(58-79-66(71)52-47-42-37-32-30-29-31-36-40-45-50-61(4)5)60-83-87(76,77)81-56-62(69)55-80-86(74,75)82-59-63(57-78-65(70)51-46-41-35-17-14-11-8-3)84-67(72)53-48-43-38-33-27-21-19-16-13-10-7-2/h61-64,69H,6-60H2,1-5H3,(H,74,75)(H,76,77)/t62-,63+,64+/m0/s1. The van der Waals surface area contributed by atoms with Crippen LogP contribution in [0, 0.1) is 5.92 Å². The number of unbranched alkanes of at least 4 members (excludes halogenated alkanes) is 40. The van der Waals surface area contributed by atoms with Gasteiger partial charge in [-0.2, -0.15) is 0 Å². The van der Waals surface area contributed by atoms with Crippen LogP contribution in [0.1, 0.15) is 349 Å². The second-order valence-corrected chi connectivity index (χ2v) is 27.9. The number of rotatable bonds is 68. The Morgan fingerprint density at radius 1 is 0.310 bits per heavy atom. The predicted octanol–water partition coefficient (Wildman–Crippen LogP) is 19.4. The lowest BCUT2D eigenvalue weighted by atomic mass is 10.0. The van der Waals surface area contributed by atoms with Crippen molar-refractivity contribution in [1.82, 2.24) is 0 Å². The Morgan fingerprint density at radius 3 is 0.782 bits per heavy atom. The summed E-state index contributed by atoms with van der Waals surface area (Å²) in [6, 6.07) is 0. The third-order valence-electron chi connectivity index (χ3n) is 15.8. The molecule has 516 valence electrons. The summed E-state index contributed by atoms with van der Waals surface area (Å²) in [6.45, 7) is 7.19. The van der Waals surface area contributed by atoms with Gasteiger partial charge in [0.1, 0.15) is 19.3 Å². The fourth-order valence-electron chi connectivity index (χ4n) is 10.3. The second-order valence-electron chi connectivity index (χ2n) is 25.0. The lowest BCUT2D eigenvalue weighted by Crippen LogP contribution is -2.30. The summed E-state index contributed by atoms with van der Waals surface area (Å²) in [5.74, 6) is -1.37. The first-order chi connectivity index (χ1) is 42.0. The van der Waals surface area contributed by atoms with Crippen molar-refractivity contribution in [3.8, 4) is 0 Å². The van der Waals surface area contributed by atoms with Crippen molar-refractivity contribution in [2.45, 2.75) is 368 Å². The first-order valence-corrected chi connectivity index (χ1v) is 38.6. The number of esters is 4. The van der Waals surface area contributed by atoms with E-state index in [9.17, 15) is 43.2 Å². The smallest absolute Gasteiger partial charge is 0.462 e. The number of ether oxygens (including phenoxy) is 4. The van der Waals surface area contributed by atoms with Gasteiger partial charge in [-0.15, -0.1) is 0 Å². The van der Waals surface area contributed by atoms with Crippen molar-refractivity contribution in [3.63, 3.8) is 0 Å². The summed E-state index contributed by atoms with van der Waals surface area (Å²) in [5, 5.41) is 10.6. The van der Waals surface area contributed by atoms with E-state index in [-0.39, 0.29) is 25.7 Å². The lowest BCUT2D eigenvalue weighted by Gasteiger charge is -2.21. The molecule has 0 heterocycles. The highest BCUT2D eigenvalue weighted by molar-refractivity contribution is 7.47. The van der Waals surface area contributed by atoms with Gasteiger partial charge in [-0.1, -0.05) is 298 Å². The highest BCUT2D eigenvalue weighted by Gasteiger charge is 2.30. The van der Waals surface area contributed by atoms with E-state index >= 15 is 0 Å². The maximum Gasteiger partial charge on any atom is 0.472 e. The van der Waals surface area contributed by atoms with E-state index in [1.165, 1.54) is 161 Å². The summed E-state index contributed by atoms with van der Waals surface area (Å²) in [4.78, 5) is 72.3. The molecule has 19 heteroatoms. The molecule has 0 aliphatic heterocycles. The van der Waals surface area contributed by atoms with Gasteiger partial charge in [0.2, 0.25) is 0 Å². The molecule has 0 aromatic carbocycles. The van der Waals surface area contributed by atoms with Crippen LogP contribution in [0.2, 0.25) is 0 Å². The molecule has 0 bridgehead atoms. The normalized spacial score (nSPS) is 14.1. The Kier molecular flexibility index (Phi) is 60.2. The average molecular weight is 1280 g/mol. The van der Waals surface area contributed by atoms with Crippen molar-refractivity contribution in [3.05, 3.63) is 0 Å². The summed E-state index contributed by atoms with van der Waals surface area (Å²) in [5.41, 5.74) is 0. The topological polar surface area (TPSA) is 237 Å². The molecule has 0 radical (unpaired) electrons. The highest BCUT2D eigenvalue weighted by Crippen LogP contribution is 2.45.